The van der Waals surface area contributed by atoms with Crippen molar-refractivity contribution in [1.82, 2.24) is 0 Å². The average molecular weight is 265 g/mol. The molecular weight excluding hydrogens is 254 g/mol. The molecule has 0 aliphatic heterocycles. The summed E-state index contributed by atoms with van der Waals surface area (Å²) in [5, 5.41) is 12.3. The Balaban J connectivity index is 1.96. The van der Waals surface area contributed by atoms with Gasteiger partial charge < -0.3 is 10.4 Å². The third-order valence-electron chi connectivity index (χ3n) is 3.08. The fourth-order valence-corrected chi connectivity index (χ4v) is 2.15. The van der Waals surface area contributed by atoms with Gasteiger partial charge in [0.15, 0.2) is 5.78 Å². The molecule has 1 aliphatic carbocycles. The van der Waals surface area contributed by atoms with Gasteiger partial charge in [0.1, 0.15) is 5.75 Å². The zero-order chi connectivity index (χ0) is 14.1. The number of allylic oxidation sites excluding steroid dienone is 2. The van der Waals surface area contributed by atoms with Gasteiger partial charge in [-0.1, -0.05) is 30.3 Å². The van der Waals surface area contributed by atoms with E-state index in [1.54, 1.807) is 36.4 Å². The summed E-state index contributed by atoms with van der Waals surface area (Å²) in [4.78, 5) is 24.3. The Morgan fingerprint density at radius 3 is 2.40 bits per heavy atom. The van der Waals surface area contributed by atoms with E-state index in [4.69, 9.17) is 0 Å². The quantitative estimate of drug-likeness (QED) is 0.876. The second-order valence-electron chi connectivity index (χ2n) is 4.47. The lowest BCUT2D eigenvalue weighted by Crippen LogP contribution is -2.21. The van der Waals surface area contributed by atoms with Gasteiger partial charge in [-0.2, -0.15) is 0 Å². The molecule has 0 saturated heterocycles. The standard InChI is InChI=1S/C16H11NO3/c18-11-5-3-4-10(8-11)17-14-9-15(19)12-6-1-2-7-13(12)16(14)20/h1-9,17-18H. The van der Waals surface area contributed by atoms with Crippen molar-refractivity contribution in [3.8, 4) is 5.75 Å². The Morgan fingerprint density at radius 2 is 1.65 bits per heavy atom. The van der Waals surface area contributed by atoms with Crippen molar-refractivity contribution in [3.05, 3.63) is 71.4 Å². The number of benzene rings is 2. The molecule has 0 heterocycles. The zero-order valence-corrected chi connectivity index (χ0v) is 10.5. The van der Waals surface area contributed by atoms with Crippen LogP contribution in [0.4, 0.5) is 5.69 Å². The number of phenolic OH excluding ortho intramolecular Hbond substituents is 1. The predicted octanol–water partition coefficient (Wildman–Crippen LogP) is 2.77. The second kappa shape index (κ2) is 4.66. The largest absolute Gasteiger partial charge is 0.508 e. The smallest absolute Gasteiger partial charge is 0.210 e. The van der Waals surface area contributed by atoms with E-state index in [9.17, 15) is 14.7 Å². The van der Waals surface area contributed by atoms with Crippen molar-refractivity contribution in [2.75, 3.05) is 5.32 Å². The third-order valence-corrected chi connectivity index (χ3v) is 3.08. The van der Waals surface area contributed by atoms with Gasteiger partial charge >= 0.3 is 0 Å². The molecule has 0 radical (unpaired) electrons. The molecule has 2 aromatic rings. The van der Waals surface area contributed by atoms with Gasteiger partial charge in [0.05, 0.1) is 5.70 Å². The molecule has 0 spiro atoms. The van der Waals surface area contributed by atoms with Crippen LogP contribution in [0.15, 0.2) is 60.3 Å². The molecule has 4 heteroatoms. The van der Waals surface area contributed by atoms with E-state index in [1.165, 1.54) is 18.2 Å². The first-order valence-electron chi connectivity index (χ1n) is 6.11. The van der Waals surface area contributed by atoms with Crippen LogP contribution in [0.1, 0.15) is 20.7 Å². The van der Waals surface area contributed by atoms with Crippen LogP contribution in [0.25, 0.3) is 0 Å². The molecule has 1 aliphatic rings. The van der Waals surface area contributed by atoms with E-state index in [0.29, 0.717) is 16.8 Å². The Bertz CT molecular complexity index is 747. The number of carbonyl (C=O) groups excluding carboxylic acids is 2. The number of rotatable bonds is 2. The van der Waals surface area contributed by atoms with E-state index in [0.717, 1.165) is 0 Å². The van der Waals surface area contributed by atoms with Gasteiger partial charge in [0.2, 0.25) is 5.78 Å². The molecule has 0 fully saturated rings. The van der Waals surface area contributed by atoms with Crippen LogP contribution in [0.3, 0.4) is 0 Å². The Kier molecular flexibility index (Phi) is 2.84. The number of hydrogen-bond acceptors (Lipinski definition) is 4. The lowest BCUT2D eigenvalue weighted by atomic mass is 9.92. The van der Waals surface area contributed by atoms with E-state index >= 15 is 0 Å². The van der Waals surface area contributed by atoms with Crippen molar-refractivity contribution in [2.24, 2.45) is 0 Å². The van der Waals surface area contributed by atoms with Crippen LogP contribution in [0.5, 0.6) is 5.75 Å². The summed E-state index contributed by atoms with van der Waals surface area (Å²) in [5.41, 5.74) is 1.57. The van der Waals surface area contributed by atoms with E-state index in [1.807, 2.05) is 0 Å². The van der Waals surface area contributed by atoms with Gasteiger partial charge in [-0.05, 0) is 12.1 Å². The lowest BCUT2D eigenvalue weighted by molar-refractivity contribution is 0.0985. The lowest BCUT2D eigenvalue weighted by Gasteiger charge is -2.16. The maximum absolute atomic E-state index is 12.3. The molecule has 0 atom stereocenters. The summed E-state index contributed by atoms with van der Waals surface area (Å²) in [5.74, 6) is -0.350. The number of nitrogens with one attached hydrogen (secondary N) is 1. The minimum Gasteiger partial charge on any atom is -0.508 e. The number of hydrogen-bond donors (Lipinski definition) is 2. The van der Waals surface area contributed by atoms with Crippen molar-refractivity contribution in [1.29, 1.82) is 0 Å². The highest BCUT2D eigenvalue weighted by molar-refractivity contribution is 6.25. The van der Waals surface area contributed by atoms with Crippen LogP contribution >= 0.6 is 0 Å². The molecule has 0 bridgehead atoms. The molecule has 0 unspecified atom stereocenters. The topological polar surface area (TPSA) is 66.4 Å². The van der Waals surface area contributed by atoms with Gasteiger partial charge in [0.25, 0.3) is 0 Å². The monoisotopic (exact) mass is 265 g/mol. The van der Waals surface area contributed by atoms with E-state index < -0.39 is 0 Å². The summed E-state index contributed by atoms with van der Waals surface area (Å²) in [7, 11) is 0. The highest BCUT2D eigenvalue weighted by Crippen LogP contribution is 2.24. The molecule has 0 aromatic heterocycles. The SMILES string of the molecule is O=C1C=C(Nc2cccc(O)c2)C(=O)c2ccccc21. The van der Waals surface area contributed by atoms with Crippen molar-refractivity contribution < 1.29 is 14.7 Å². The maximum Gasteiger partial charge on any atom is 0.210 e. The zero-order valence-electron chi connectivity index (χ0n) is 10.5. The fourth-order valence-electron chi connectivity index (χ4n) is 2.15. The number of ketones is 2. The normalized spacial score (nSPS) is 13.7. The molecule has 2 N–H and O–H groups in total. The van der Waals surface area contributed by atoms with Crippen LogP contribution in [0.2, 0.25) is 0 Å². The fraction of sp³-hybridized carbons (Fsp3) is 0. The number of phenols is 1. The van der Waals surface area contributed by atoms with Crippen LogP contribution in [0, 0.1) is 0 Å². The number of aromatic hydroxyl groups is 1. The first-order chi connectivity index (χ1) is 9.65. The summed E-state index contributed by atoms with van der Waals surface area (Å²) >= 11 is 0. The highest BCUT2D eigenvalue weighted by atomic mass is 16.3. The van der Waals surface area contributed by atoms with Gasteiger partial charge in [-0.25, -0.2) is 0 Å². The predicted molar refractivity (Wildman–Crippen MR) is 74.9 cm³/mol. The van der Waals surface area contributed by atoms with Crippen LogP contribution in [-0.2, 0) is 0 Å². The number of fused-ring (bicyclic) bond motifs is 1. The molecule has 0 saturated carbocycles. The molecular formula is C16H11NO3. The van der Waals surface area contributed by atoms with Crippen molar-refractivity contribution >= 4 is 17.3 Å². The van der Waals surface area contributed by atoms with E-state index in [-0.39, 0.29) is 23.0 Å². The maximum atomic E-state index is 12.3. The van der Waals surface area contributed by atoms with Gasteiger partial charge in [-0.3, -0.25) is 9.59 Å². The minimum absolute atomic E-state index is 0.0885. The third kappa shape index (κ3) is 2.07. The average Bonchev–Trinajstić information content (AvgIpc) is 2.45. The van der Waals surface area contributed by atoms with Crippen molar-refractivity contribution in [2.45, 2.75) is 0 Å². The minimum atomic E-state index is -0.233. The van der Waals surface area contributed by atoms with Crippen LogP contribution in [-0.4, -0.2) is 16.7 Å². The molecule has 98 valence electrons. The Labute approximate surface area is 115 Å². The molecule has 0 amide bonds. The summed E-state index contributed by atoms with van der Waals surface area (Å²) < 4.78 is 0. The van der Waals surface area contributed by atoms with Gasteiger partial charge in [-0.15, -0.1) is 0 Å². The van der Waals surface area contributed by atoms with E-state index in [2.05, 4.69) is 5.32 Å². The summed E-state index contributed by atoms with van der Waals surface area (Å²) in [6.45, 7) is 0. The summed E-state index contributed by atoms with van der Waals surface area (Å²) in [6, 6.07) is 13.1. The number of anilines is 1. The Hall–Kier alpha value is -2.88. The first kappa shape index (κ1) is 12.2. The number of Topliss-reactive ketones (excluding diaryl/α,β-unsaturated/α-hetero) is 1. The van der Waals surface area contributed by atoms with Gasteiger partial charge in [0, 0.05) is 29.0 Å². The van der Waals surface area contributed by atoms with Crippen LogP contribution < -0.4 is 5.32 Å². The number of carbonyl (C=O) groups is 2. The molecule has 20 heavy (non-hydrogen) atoms. The highest BCUT2D eigenvalue weighted by Gasteiger charge is 2.25. The van der Waals surface area contributed by atoms with Crippen molar-refractivity contribution in [3.63, 3.8) is 0 Å². The first-order valence-corrected chi connectivity index (χ1v) is 6.11. The molecule has 4 nitrogen and oxygen atoms in total. The molecule has 2 aromatic carbocycles. The molecule has 3 rings (SSSR count). The Morgan fingerprint density at radius 1 is 0.900 bits per heavy atom. The second-order valence-corrected chi connectivity index (χ2v) is 4.47. The summed E-state index contributed by atoms with van der Waals surface area (Å²) in [6.07, 6.45) is 1.29.